The summed E-state index contributed by atoms with van der Waals surface area (Å²) >= 11 is 0. The van der Waals surface area contributed by atoms with Crippen molar-refractivity contribution in [1.82, 2.24) is 13.9 Å². The van der Waals surface area contributed by atoms with E-state index >= 15 is 0 Å². The van der Waals surface area contributed by atoms with Gasteiger partial charge in [0.2, 0.25) is 0 Å². The summed E-state index contributed by atoms with van der Waals surface area (Å²) < 4.78 is 27.6. The van der Waals surface area contributed by atoms with Gasteiger partial charge in [0.15, 0.2) is 0 Å². The third-order valence-electron chi connectivity index (χ3n) is 6.44. The molecule has 0 bridgehead atoms. The number of nitrogens with zero attached hydrogens (tertiary/aromatic N) is 3. The maximum absolute atomic E-state index is 13.1. The van der Waals surface area contributed by atoms with Crippen molar-refractivity contribution >= 4 is 21.6 Å². The Morgan fingerprint density at radius 3 is 2.39 bits per heavy atom. The van der Waals surface area contributed by atoms with Crippen molar-refractivity contribution in [2.75, 3.05) is 25.5 Å². The van der Waals surface area contributed by atoms with E-state index < -0.39 is 15.7 Å². The molecule has 0 atom stereocenters. The summed E-state index contributed by atoms with van der Waals surface area (Å²) in [4.78, 5) is 21.0. The molecular formula is C24H26N4O4S. The number of fused-ring (bicyclic) bond motifs is 1. The number of aromatic nitrogens is 1. The van der Waals surface area contributed by atoms with Crippen LogP contribution >= 0.6 is 0 Å². The number of likely N-dealkylation sites (tertiary alicyclic amines) is 1. The molecule has 0 saturated carbocycles. The number of para-hydroxylation sites is 1. The third-order valence-corrected chi connectivity index (χ3v) is 8.18. The quantitative estimate of drug-likeness (QED) is 0.622. The van der Waals surface area contributed by atoms with E-state index in [1.165, 1.54) is 16.1 Å². The highest BCUT2D eigenvalue weighted by Crippen LogP contribution is 2.38. The second-order valence-corrected chi connectivity index (χ2v) is 10.2. The predicted molar refractivity (Wildman–Crippen MR) is 124 cm³/mol. The lowest BCUT2D eigenvalue weighted by Gasteiger charge is -2.50. The van der Waals surface area contributed by atoms with Crippen LogP contribution in [0.3, 0.4) is 0 Å². The highest BCUT2D eigenvalue weighted by atomic mass is 32.2. The fourth-order valence-corrected chi connectivity index (χ4v) is 6.13. The molecule has 9 heteroatoms. The van der Waals surface area contributed by atoms with Crippen LogP contribution in [-0.4, -0.2) is 54.1 Å². The maximum Gasteiger partial charge on any atom is 0.281 e. The fraction of sp³-hybridized carbons (Fsp3) is 0.292. The number of benzene rings is 2. The molecule has 0 radical (unpaired) electrons. The summed E-state index contributed by atoms with van der Waals surface area (Å²) in [5.74, 6) is -0.150. The SMILES string of the molecule is CON1C(=O)c2ccccc2NC12CCN(Cc1cccn1S(=O)(=O)c1ccccc1)CC2. The summed E-state index contributed by atoms with van der Waals surface area (Å²) in [5, 5.41) is 4.99. The molecule has 33 heavy (non-hydrogen) atoms. The summed E-state index contributed by atoms with van der Waals surface area (Å²) in [5.41, 5.74) is 1.48. The van der Waals surface area contributed by atoms with Gasteiger partial charge in [0.05, 0.1) is 17.6 Å². The Balaban J connectivity index is 1.34. The number of hydrogen-bond donors (Lipinski definition) is 1. The topological polar surface area (TPSA) is 83.9 Å². The first-order valence-corrected chi connectivity index (χ1v) is 12.3. The number of amides is 1. The van der Waals surface area contributed by atoms with Crippen molar-refractivity contribution < 1.29 is 18.0 Å². The van der Waals surface area contributed by atoms with Gasteiger partial charge in [0.1, 0.15) is 5.66 Å². The zero-order valence-corrected chi connectivity index (χ0v) is 19.2. The van der Waals surface area contributed by atoms with Crippen LogP contribution in [0.2, 0.25) is 0 Å². The summed E-state index contributed by atoms with van der Waals surface area (Å²) in [6.45, 7) is 1.85. The van der Waals surface area contributed by atoms with Crippen LogP contribution in [0, 0.1) is 0 Å². The standard InChI is InChI=1S/C24H26N4O4S/c1-32-28-23(29)21-11-5-6-12-22(21)25-24(28)13-16-26(17-14-24)18-19-8-7-15-27(19)33(30,31)20-9-3-2-4-10-20/h2-12,15,25H,13-14,16-18H2,1H3. The molecule has 5 rings (SSSR count). The van der Waals surface area contributed by atoms with E-state index in [4.69, 9.17) is 4.84 Å². The molecule has 2 aromatic carbocycles. The molecule has 1 amide bonds. The highest BCUT2D eigenvalue weighted by Gasteiger charge is 2.47. The lowest BCUT2D eigenvalue weighted by Crippen LogP contribution is -2.63. The number of anilines is 1. The Kier molecular flexibility index (Phi) is 5.48. The van der Waals surface area contributed by atoms with Crippen LogP contribution in [0.25, 0.3) is 0 Å². The fourth-order valence-electron chi connectivity index (χ4n) is 4.74. The van der Waals surface area contributed by atoms with Gasteiger partial charge >= 0.3 is 0 Å². The van der Waals surface area contributed by atoms with Gasteiger partial charge in [-0.25, -0.2) is 12.4 Å². The van der Waals surface area contributed by atoms with E-state index in [0.717, 1.165) is 5.69 Å². The van der Waals surface area contributed by atoms with E-state index in [9.17, 15) is 13.2 Å². The highest BCUT2D eigenvalue weighted by molar-refractivity contribution is 7.90. The maximum atomic E-state index is 13.1. The number of nitrogens with one attached hydrogen (secondary N) is 1. The van der Waals surface area contributed by atoms with E-state index in [0.29, 0.717) is 43.7 Å². The van der Waals surface area contributed by atoms with Crippen molar-refractivity contribution in [3.05, 3.63) is 84.2 Å². The Morgan fingerprint density at radius 1 is 0.970 bits per heavy atom. The second-order valence-electron chi connectivity index (χ2n) is 8.37. The normalized spacial score (nSPS) is 18.2. The average molecular weight is 467 g/mol. The lowest BCUT2D eigenvalue weighted by atomic mass is 9.91. The molecule has 1 saturated heterocycles. The minimum absolute atomic E-state index is 0.150. The summed E-state index contributed by atoms with van der Waals surface area (Å²) in [6, 6.07) is 19.5. The van der Waals surface area contributed by atoms with Gasteiger partial charge in [0, 0.05) is 50.1 Å². The molecule has 2 aliphatic rings. The van der Waals surface area contributed by atoms with Crippen LogP contribution in [0.1, 0.15) is 28.9 Å². The van der Waals surface area contributed by atoms with Crippen molar-refractivity contribution in [3.8, 4) is 0 Å². The van der Waals surface area contributed by atoms with E-state index in [2.05, 4.69) is 10.2 Å². The molecule has 0 unspecified atom stereocenters. The summed E-state index contributed by atoms with van der Waals surface area (Å²) in [7, 11) is -2.14. The smallest absolute Gasteiger partial charge is 0.281 e. The van der Waals surface area contributed by atoms with Gasteiger partial charge in [-0.1, -0.05) is 30.3 Å². The third kappa shape index (κ3) is 3.72. The molecule has 1 N–H and O–H groups in total. The molecule has 8 nitrogen and oxygen atoms in total. The number of rotatable bonds is 5. The Labute approximate surface area is 193 Å². The second kappa shape index (κ2) is 8.33. The van der Waals surface area contributed by atoms with Crippen molar-refractivity contribution in [1.29, 1.82) is 0 Å². The van der Waals surface area contributed by atoms with E-state index in [-0.39, 0.29) is 10.8 Å². The molecule has 3 aromatic rings. The van der Waals surface area contributed by atoms with E-state index in [1.807, 2.05) is 24.3 Å². The monoisotopic (exact) mass is 466 g/mol. The molecule has 1 spiro atoms. The van der Waals surface area contributed by atoms with Gasteiger partial charge in [-0.15, -0.1) is 0 Å². The molecule has 0 aliphatic carbocycles. The van der Waals surface area contributed by atoms with Crippen LogP contribution in [0.5, 0.6) is 0 Å². The zero-order chi connectivity index (χ0) is 23.1. The first-order chi connectivity index (χ1) is 15.9. The van der Waals surface area contributed by atoms with E-state index in [1.54, 1.807) is 48.7 Å². The minimum atomic E-state index is -3.65. The number of hydroxylamine groups is 2. The van der Waals surface area contributed by atoms with Crippen LogP contribution in [0.15, 0.2) is 77.8 Å². The predicted octanol–water partition coefficient (Wildman–Crippen LogP) is 3.15. The van der Waals surface area contributed by atoms with Gasteiger partial charge in [-0.2, -0.15) is 5.06 Å². The molecular weight excluding hydrogens is 440 g/mol. The van der Waals surface area contributed by atoms with Crippen molar-refractivity contribution in [2.45, 2.75) is 29.9 Å². The van der Waals surface area contributed by atoms with Gasteiger partial charge in [0.25, 0.3) is 15.9 Å². The first kappa shape index (κ1) is 21.7. The van der Waals surface area contributed by atoms with Crippen molar-refractivity contribution in [3.63, 3.8) is 0 Å². The largest absolute Gasteiger partial charge is 0.360 e. The lowest BCUT2D eigenvalue weighted by molar-refractivity contribution is -0.169. The molecule has 172 valence electrons. The van der Waals surface area contributed by atoms with Gasteiger partial charge < -0.3 is 5.32 Å². The van der Waals surface area contributed by atoms with Crippen LogP contribution in [0.4, 0.5) is 5.69 Å². The van der Waals surface area contributed by atoms with Crippen LogP contribution in [-0.2, 0) is 21.4 Å². The molecule has 2 aliphatic heterocycles. The number of hydrogen-bond acceptors (Lipinski definition) is 6. The minimum Gasteiger partial charge on any atom is -0.360 e. The molecule has 1 aromatic heterocycles. The zero-order valence-electron chi connectivity index (χ0n) is 18.3. The van der Waals surface area contributed by atoms with Crippen LogP contribution < -0.4 is 5.32 Å². The number of carbonyl (C=O) groups is 1. The Bertz CT molecular complexity index is 1260. The number of piperidine rings is 1. The Morgan fingerprint density at radius 2 is 1.67 bits per heavy atom. The molecule has 1 fully saturated rings. The first-order valence-electron chi connectivity index (χ1n) is 10.9. The average Bonchev–Trinajstić information content (AvgIpc) is 3.31. The Hall–Kier alpha value is -3.14. The van der Waals surface area contributed by atoms with Gasteiger partial charge in [-0.3, -0.25) is 14.5 Å². The molecule has 3 heterocycles. The van der Waals surface area contributed by atoms with Crippen molar-refractivity contribution in [2.24, 2.45) is 0 Å². The summed E-state index contributed by atoms with van der Waals surface area (Å²) in [6.07, 6.45) is 2.88. The van der Waals surface area contributed by atoms with Gasteiger partial charge in [-0.05, 0) is 36.4 Å². The number of carbonyl (C=O) groups excluding carboxylic acids is 1.